The van der Waals surface area contributed by atoms with Gasteiger partial charge in [0.05, 0.1) is 6.61 Å². The summed E-state index contributed by atoms with van der Waals surface area (Å²) < 4.78 is 7.65. The van der Waals surface area contributed by atoms with Crippen molar-refractivity contribution >= 4 is 31.7 Å². The third kappa shape index (κ3) is 3.33. The Kier molecular flexibility index (Phi) is 5.81. The zero-order valence-electron chi connectivity index (χ0n) is 6.80. The molecule has 72 valence electrons. The predicted molar refractivity (Wildman–Crippen MR) is 53.9 cm³/mol. The second-order valence-corrected chi connectivity index (χ2v) is 4.79. The van der Waals surface area contributed by atoms with Crippen LogP contribution in [0.25, 0.3) is 0 Å². The predicted octanol–water partition coefficient (Wildman–Crippen LogP) is 1.61. The fraction of sp³-hybridized carbons (Fsp3) is 1.00. The van der Waals surface area contributed by atoms with Crippen molar-refractivity contribution in [3.8, 4) is 0 Å². The maximum absolute atomic E-state index is 5.65. The minimum atomic E-state index is -0.606. The second kappa shape index (κ2) is 6.36. The summed E-state index contributed by atoms with van der Waals surface area (Å²) >= 11 is 11.3. The number of alkyl halides is 2. The van der Waals surface area contributed by atoms with Crippen molar-refractivity contribution in [2.45, 2.75) is 0 Å². The molecule has 12 heavy (non-hydrogen) atoms. The molecular weight excluding hydrogens is 218 g/mol. The van der Waals surface area contributed by atoms with E-state index in [0.29, 0.717) is 11.8 Å². The van der Waals surface area contributed by atoms with E-state index in [0.717, 1.165) is 26.2 Å². The Bertz CT molecular complexity index is 118. The summed E-state index contributed by atoms with van der Waals surface area (Å²) in [5, 5.41) is 3.28. The lowest BCUT2D eigenvalue weighted by Crippen LogP contribution is -2.26. The smallest absolute Gasteiger partial charge is 0.185 e. The quantitative estimate of drug-likeness (QED) is 0.574. The van der Waals surface area contributed by atoms with Crippen LogP contribution >= 0.6 is 31.7 Å². The molecule has 0 aromatic carbocycles. The minimum absolute atomic E-state index is 0.606. The molecule has 1 atom stereocenters. The van der Waals surface area contributed by atoms with E-state index >= 15 is 0 Å². The first kappa shape index (κ1) is 11.0. The summed E-state index contributed by atoms with van der Waals surface area (Å²) in [5.41, 5.74) is 0. The highest BCUT2D eigenvalue weighted by atomic mass is 35.5. The standard InChI is InChI=1S/C6H13Cl2N2OP/c7-1-4-10(5-2-8)12-9-3-6-11-12/h9H,1-6H2/t12-/m1/s1. The highest BCUT2D eigenvalue weighted by Crippen LogP contribution is 2.39. The molecule has 0 spiro atoms. The maximum atomic E-state index is 5.65. The van der Waals surface area contributed by atoms with E-state index in [9.17, 15) is 0 Å². The normalized spacial score (nSPS) is 23.8. The molecule has 0 bridgehead atoms. The Morgan fingerprint density at radius 1 is 1.33 bits per heavy atom. The lowest BCUT2D eigenvalue weighted by Gasteiger charge is -2.24. The maximum Gasteiger partial charge on any atom is 0.185 e. The number of rotatable bonds is 5. The molecule has 1 aliphatic heterocycles. The lowest BCUT2D eigenvalue weighted by atomic mass is 10.6. The van der Waals surface area contributed by atoms with Crippen LogP contribution in [0.3, 0.4) is 0 Å². The largest absolute Gasteiger partial charge is 0.330 e. The van der Waals surface area contributed by atoms with Crippen molar-refractivity contribution < 1.29 is 4.52 Å². The van der Waals surface area contributed by atoms with Crippen molar-refractivity contribution in [1.29, 1.82) is 0 Å². The van der Waals surface area contributed by atoms with Crippen LogP contribution in [0.4, 0.5) is 0 Å². The molecule has 1 aliphatic rings. The van der Waals surface area contributed by atoms with Crippen LogP contribution in [0.2, 0.25) is 0 Å². The Morgan fingerprint density at radius 3 is 2.42 bits per heavy atom. The van der Waals surface area contributed by atoms with Crippen LogP contribution in [0.5, 0.6) is 0 Å². The summed E-state index contributed by atoms with van der Waals surface area (Å²) in [6.45, 7) is 3.42. The third-order valence-corrected chi connectivity index (χ3v) is 3.68. The van der Waals surface area contributed by atoms with E-state index in [1.807, 2.05) is 0 Å². The van der Waals surface area contributed by atoms with Gasteiger partial charge in [0.1, 0.15) is 0 Å². The van der Waals surface area contributed by atoms with Gasteiger partial charge in [-0.3, -0.25) is 5.09 Å². The van der Waals surface area contributed by atoms with Crippen molar-refractivity contribution in [3.05, 3.63) is 0 Å². The molecule has 0 aromatic rings. The third-order valence-electron chi connectivity index (χ3n) is 1.50. The van der Waals surface area contributed by atoms with Gasteiger partial charge in [-0.05, 0) is 0 Å². The second-order valence-electron chi connectivity index (χ2n) is 2.35. The molecule has 0 unspecified atom stereocenters. The first-order valence-electron chi connectivity index (χ1n) is 3.92. The molecule has 3 nitrogen and oxygen atoms in total. The number of nitrogens with zero attached hydrogens (tertiary/aromatic N) is 1. The highest BCUT2D eigenvalue weighted by Gasteiger charge is 2.22. The summed E-state index contributed by atoms with van der Waals surface area (Å²) in [6.07, 6.45) is 0. The van der Waals surface area contributed by atoms with Crippen LogP contribution in [0, 0.1) is 0 Å². The Balaban J connectivity index is 2.29. The molecule has 1 fully saturated rings. The number of hydrogen-bond donors (Lipinski definition) is 1. The highest BCUT2D eigenvalue weighted by molar-refractivity contribution is 7.48. The van der Waals surface area contributed by atoms with E-state index in [4.69, 9.17) is 27.7 Å². The van der Waals surface area contributed by atoms with Gasteiger partial charge in [0, 0.05) is 31.4 Å². The van der Waals surface area contributed by atoms with Gasteiger partial charge >= 0.3 is 0 Å². The molecule has 0 radical (unpaired) electrons. The molecule has 0 amide bonds. The van der Waals surface area contributed by atoms with Crippen LogP contribution in [-0.2, 0) is 4.52 Å². The van der Waals surface area contributed by atoms with Gasteiger partial charge in [0.25, 0.3) is 0 Å². The van der Waals surface area contributed by atoms with E-state index in [2.05, 4.69) is 9.76 Å². The summed E-state index contributed by atoms with van der Waals surface area (Å²) in [4.78, 5) is 0. The number of nitrogens with one attached hydrogen (secondary N) is 1. The zero-order chi connectivity index (χ0) is 8.81. The topological polar surface area (TPSA) is 24.5 Å². The SMILES string of the molecule is ClCCN(CCCl)[P@@]1NCCO1. The first-order chi connectivity index (χ1) is 5.88. The van der Waals surface area contributed by atoms with Gasteiger partial charge in [-0.15, -0.1) is 23.2 Å². The number of hydrogen-bond acceptors (Lipinski definition) is 3. The monoisotopic (exact) mass is 230 g/mol. The molecule has 0 aromatic heterocycles. The van der Waals surface area contributed by atoms with Crippen molar-refractivity contribution in [3.63, 3.8) is 0 Å². The molecule has 0 aliphatic carbocycles. The van der Waals surface area contributed by atoms with Gasteiger partial charge in [-0.2, -0.15) is 0 Å². The molecule has 1 heterocycles. The van der Waals surface area contributed by atoms with Gasteiger partial charge < -0.3 is 4.52 Å². The average Bonchev–Trinajstić information content (AvgIpc) is 2.56. The molecule has 1 rings (SSSR count). The van der Waals surface area contributed by atoms with Crippen LogP contribution in [0.15, 0.2) is 0 Å². The van der Waals surface area contributed by atoms with E-state index < -0.39 is 8.45 Å². The Hall–Kier alpha value is 0.890. The Labute approximate surface area is 84.3 Å². The van der Waals surface area contributed by atoms with Gasteiger partial charge in [0.15, 0.2) is 8.45 Å². The van der Waals surface area contributed by atoms with Gasteiger partial charge in [0.2, 0.25) is 0 Å². The van der Waals surface area contributed by atoms with Crippen LogP contribution < -0.4 is 5.09 Å². The van der Waals surface area contributed by atoms with Crippen molar-refractivity contribution in [2.75, 3.05) is 38.0 Å². The van der Waals surface area contributed by atoms with E-state index in [-0.39, 0.29) is 0 Å². The molecule has 6 heteroatoms. The minimum Gasteiger partial charge on any atom is -0.330 e. The van der Waals surface area contributed by atoms with E-state index in [1.165, 1.54) is 0 Å². The fourth-order valence-electron chi connectivity index (χ4n) is 0.989. The summed E-state index contributed by atoms with van der Waals surface area (Å²) in [5.74, 6) is 1.25. The summed E-state index contributed by atoms with van der Waals surface area (Å²) in [7, 11) is -0.606. The van der Waals surface area contributed by atoms with E-state index in [1.54, 1.807) is 0 Å². The molecule has 0 saturated carbocycles. The fourth-order valence-corrected chi connectivity index (χ4v) is 3.20. The van der Waals surface area contributed by atoms with Gasteiger partial charge in [-0.1, -0.05) is 0 Å². The first-order valence-corrected chi connectivity index (χ1v) is 6.20. The summed E-state index contributed by atoms with van der Waals surface area (Å²) in [6, 6.07) is 0. The molecular formula is C6H13Cl2N2OP. The zero-order valence-corrected chi connectivity index (χ0v) is 9.21. The Morgan fingerprint density at radius 2 is 2.00 bits per heavy atom. The van der Waals surface area contributed by atoms with Gasteiger partial charge in [-0.25, -0.2) is 4.67 Å². The lowest BCUT2D eigenvalue weighted by molar-refractivity contribution is 0.354. The average molecular weight is 231 g/mol. The van der Waals surface area contributed by atoms with Crippen molar-refractivity contribution in [2.24, 2.45) is 0 Å². The van der Waals surface area contributed by atoms with Crippen molar-refractivity contribution in [1.82, 2.24) is 9.76 Å². The molecule has 1 saturated heterocycles. The van der Waals surface area contributed by atoms with Crippen LogP contribution in [-0.4, -0.2) is 42.7 Å². The molecule has 1 N–H and O–H groups in total. The van der Waals surface area contributed by atoms with Crippen LogP contribution in [0.1, 0.15) is 0 Å². The number of halogens is 2.